The second kappa shape index (κ2) is 5.75. The van der Waals surface area contributed by atoms with Gasteiger partial charge in [-0.05, 0) is 31.1 Å². The highest BCUT2D eigenvalue weighted by Crippen LogP contribution is 2.48. The molecule has 0 aromatic heterocycles. The van der Waals surface area contributed by atoms with Crippen molar-refractivity contribution in [3.05, 3.63) is 34.4 Å². The number of fused-ring (bicyclic) bond motifs is 1. The van der Waals surface area contributed by atoms with Gasteiger partial charge in [0.05, 0.1) is 5.57 Å². The number of carboxylic acids is 1. The standard InChI is InChI=1S/C15H14F3IO3/c1-3-14(15(16,17)18)11(13(20)21)6-9-4-8(2)5-10(7-19)12(9)22-14/h4-6H,3,7H2,1-2H3,(H,20,21). The first-order chi connectivity index (χ1) is 10.2. The van der Waals surface area contributed by atoms with Crippen molar-refractivity contribution in [2.24, 2.45) is 0 Å². The van der Waals surface area contributed by atoms with Gasteiger partial charge in [0, 0.05) is 15.6 Å². The Balaban J connectivity index is 2.77. The lowest BCUT2D eigenvalue weighted by atomic mass is 9.85. The van der Waals surface area contributed by atoms with Crippen LogP contribution in [0.25, 0.3) is 6.08 Å². The maximum atomic E-state index is 13.6. The predicted molar refractivity (Wildman–Crippen MR) is 84.2 cm³/mol. The highest BCUT2D eigenvalue weighted by atomic mass is 127. The van der Waals surface area contributed by atoms with Crippen LogP contribution in [0.3, 0.4) is 0 Å². The molecule has 0 spiro atoms. The minimum absolute atomic E-state index is 0.115. The van der Waals surface area contributed by atoms with E-state index in [9.17, 15) is 23.1 Å². The number of benzene rings is 1. The molecule has 1 aromatic carbocycles. The molecule has 0 fully saturated rings. The predicted octanol–water partition coefficient (Wildman–Crippen LogP) is 4.50. The summed E-state index contributed by atoms with van der Waals surface area (Å²) in [6.45, 7) is 3.07. The molecule has 3 nitrogen and oxygen atoms in total. The fourth-order valence-electron chi connectivity index (χ4n) is 2.62. The Labute approximate surface area is 139 Å². The van der Waals surface area contributed by atoms with Crippen LogP contribution in [-0.2, 0) is 9.22 Å². The van der Waals surface area contributed by atoms with Crippen LogP contribution in [0.15, 0.2) is 17.7 Å². The molecule has 1 aliphatic heterocycles. The van der Waals surface area contributed by atoms with Gasteiger partial charge in [-0.3, -0.25) is 0 Å². The molecule has 1 unspecified atom stereocenters. The fourth-order valence-corrected chi connectivity index (χ4v) is 3.19. The van der Waals surface area contributed by atoms with E-state index >= 15 is 0 Å². The molecule has 120 valence electrons. The highest BCUT2D eigenvalue weighted by molar-refractivity contribution is 14.1. The number of hydrogen-bond donors (Lipinski definition) is 1. The Bertz CT molecular complexity index is 652. The molecule has 0 saturated carbocycles. The SMILES string of the molecule is CCC1(C(F)(F)F)Oc2c(cc(C)cc2CI)C=C1C(=O)O. The van der Waals surface area contributed by atoms with Gasteiger partial charge in [-0.15, -0.1) is 0 Å². The highest BCUT2D eigenvalue weighted by Gasteiger charge is 2.62. The van der Waals surface area contributed by atoms with Crippen molar-refractivity contribution >= 4 is 34.6 Å². The van der Waals surface area contributed by atoms with Gasteiger partial charge in [0.25, 0.3) is 0 Å². The number of hydrogen-bond acceptors (Lipinski definition) is 2. The lowest BCUT2D eigenvalue weighted by molar-refractivity contribution is -0.236. The minimum Gasteiger partial charge on any atom is -0.478 e. The summed E-state index contributed by atoms with van der Waals surface area (Å²) in [5.41, 5.74) is -1.76. The molecule has 22 heavy (non-hydrogen) atoms. The molecule has 0 bridgehead atoms. The van der Waals surface area contributed by atoms with E-state index in [-0.39, 0.29) is 5.75 Å². The summed E-state index contributed by atoms with van der Waals surface area (Å²) >= 11 is 2.04. The third-order valence-electron chi connectivity index (χ3n) is 3.68. The van der Waals surface area contributed by atoms with Gasteiger partial charge < -0.3 is 9.84 Å². The number of aryl methyl sites for hydroxylation is 1. The lowest BCUT2D eigenvalue weighted by Gasteiger charge is -2.39. The maximum Gasteiger partial charge on any atom is 0.432 e. The van der Waals surface area contributed by atoms with E-state index in [2.05, 4.69) is 0 Å². The monoisotopic (exact) mass is 426 g/mol. The molecule has 1 aromatic rings. The average molecular weight is 426 g/mol. The van der Waals surface area contributed by atoms with Crippen LogP contribution in [0.5, 0.6) is 5.75 Å². The molecular weight excluding hydrogens is 412 g/mol. The van der Waals surface area contributed by atoms with E-state index in [1.54, 1.807) is 19.1 Å². The summed E-state index contributed by atoms with van der Waals surface area (Å²) in [5, 5.41) is 9.24. The average Bonchev–Trinajstić information content (AvgIpc) is 2.43. The van der Waals surface area contributed by atoms with Gasteiger partial charge in [-0.1, -0.05) is 35.6 Å². The summed E-state index contributed by atoms with van der Waals surface area (Å²) in [5.74, 6) is -1.51. The summed E-state index contributed by atoms with van der Waals surface area (Å²) in [6, 6.07) is 3.38. The van der Waals surface area contributed by atoms with E-state index in [1.165, 1.54) is 6.92 Å². The van der Waals surface area contributed by atoms with Crippen LogP contribution in [0.4, 0.5) is 13.2 Å². The fraction of sp³-hybridized carbons (Fsp3) is 0.400. The number of alkyl halides is 4. The Morgan fingerprint density at radius 2 is 2.05 bits per heavy atom. The van der Waals surface area contributed by atoms with Crippen LogP contribution < -0.4 is 4.74 Å². The van der Waals surface area contributed by atoms with Crippen molar-refractivity contribution in [2.75, 3.05) is 0 Å². The maximum absolute atomic E-state index is 13.6. The zero-order chi connectivity index (χ0) is 16.7. The van der Waals surface area contributed by atoms with Gasteiger partial charge in [0.15, 0.2) is 0 Å². The van der Waals surface area contributed by atoms with Gasteiger partial charge in [0.1, 0.15) is 5.75 Å². The van der Waals surface area contributed by atoms with Crippen LogP contribution in [0.2, 0.25) is 0 Å². The first-order valence-electron chi connectivity index (χ1n) is 6.57. The van der Waals surface area contributed by atoms with Crippen molar-refractivity contribution in [1.82, 2.24) is 0 Å². The first kappa shape index (κ1) is 17.1. The summed E-state index contributed by atoms with van der Waals surface area (Å²) in [6.07, 6.45) is -4.25. The second-order valence-corrected chi connectivity index (χ2v) is 5.88. The van der Waals surface area contributed by atoms with E-state index in [0.29, 0.717) is 15.6 Å². The molecule has 2 rings (SSSR count). The summed E-state index contributed by atoms with van der Waals surface area (Å²) in [4.78, 5) is 11.4. The number of ether oxygens (including phenoxy) is 1. The van der Waals surface area contributed by atoms with Gasteiger partial charge in [0.2, 0.25) is 5.60 Å². The van der Waals surface area contributed by atoms with Crippen molar-refractivity contribution in [2.45, 2.75) is 36.5 Å². The van der Waals surface area contributed by atoms with Crippen molar-refractivity contribution in [3.63, 3.8) is 0 Å². The van der Waals surface area contributed by atoms with Crippen molar-refractivity contribution in [3.8, 4) is 5.75 Å². The third kappa shape index (κ3) is 2.59. The van der Waals surface area contributed by atoms with Crippen molar-refractivity contribution < 1.29 is 27.8 Å². The van der Waals surface area contributed by atoms with Gasteiger partial charge in [-0.2, -0.15) is 13.2 Å². The smallest absolute Gasteiger partial charge is 0.432 e. The minimum atomic E-state index is -4.82. The Morgan fingerprint density at radius 1 is 1.41 bits per heavy atom. The number of halogens is 4. The molecule has 0 amide bonds. The Kier molecular flexibility index (Phi) is 4.47. The molecule has 0 aliphatic carbocycles. The van der Waals surface area contributed by atoms with Crippen LogP contribution >= 0.6 is 22.6 Å². The topological polar surface area (TPSA) is 46.5 Å². The molecular formula is C15H14F3IO3. The van der Waals surface area contributed by atoms with Crippen LogP contribution in [-0.4, -0.2) is 22.9 Å². The zero-order valence-electron chi connectivity index (χ0n) is 11.9. The largest absolute Gasteiger partial charge is 0.478 e. The van der Waals surface area contributed by atoms with E-state index < -0.39 is 29.7 Å². The molecule has 1 heterocycles. The Morgan fingerprint density at radius 3 is 2.50 bits per heavy atom. The molecule has 7 heteroatoms. The molecule has 0 saturated heterocycles. The number of rotatable bonds is 3. The molecule has 1 atom stereocenters. The lowest BCUT2D eigenvalue weighted by Crippen LogP contribution is -2.54. The van der Waals surface area contributed by atoms with Gasteiger partial charge in [-0.25, -0.2) is 4.79 Å². The van der Waals surface area contributed by atoms with E-state index in [1.807, 2.05) is 22.6 Å². The summed E-state index contributed by atoms with van der Waals surface area (Å²) < 4.78 is 46.5. The summed E-state index contributed by atoms with van der Waals surface area (Å²) in [7, 11) is 0. The van der Waals surface area contributed by atoms with Crippen molar-refractivity contribution in [1.29, 1.82) is 0 Å². The first-order valence-corrected chi connectivity index (χ1v) is 8.09. The molecule has 1 N–H and O–H groups in total. The van der Waals surface area contributed by atoms with Gasteiger partial charge >= 0.3 is 12.1 Å². The number of carbonyl (C=O) groups is 1. The quantitative estimate of drug-likeness (QED) is 0.572. The molecule has 0 radical (unpaired) electrons. The second-order valence-electron chi connectivity index (χ2n) is 5.12. The van der Waals surface area contributed by atoms with Crippen LogP contribution in [0.1, 0.15) is 30.0 Å². The van der Waals surface area contributed by atoms with E-state index in [0.717, 1.165) is 11.6 Å². The van der Waals surface area contributed by atoms with Crippen LogP contribution in [0, 0.1) is 6.92 Å². The number of aliphatic carboxylic acids is 1. The third-order valence-corrected chi connectivity index (χ3v) is 4.50. The molecule has 1 aliphatic rings. The Hall–Kier alpha value is -1.25. The van der Waals surface area contributed by atoms with E-state index in [4.69, 9.17) is 4.74 Å². The zero-order valence-corrected chi connectivity index (χ0v) is 14.1. The normalized spacial score (nSPS) is 20.9. The number of carboxylic acid groups (broad SMARTS) is 1.